The molecule has 0 atom stereocenters. The zero-order valence-corrected chi connectivity index (χ0v) is 12.2. The molecule has 1 fully saturated rings. The molecule has 1 aromatic rings. The topological polar surface area (TPSA) is 55.1 Å². The average molecular weight is 260 g/mol. The molecule has 3 heteroatoms. The number of nitrogens with one attached hydrogen (secondary N) is 1. The lowest BCUT2D eigenvalue weighted by Gasteiger charge is -2.42. The fraction of sp³-hybridized carbons (Fsp3) is 0.562. The molecule has 1 aliphatic rings. The minimum atomic E-state index is -0.205. The third kappa shape index (κ3) is 3.16. The van der Waals surface area contributed by atoms with E-state index < -0.39 is 0 Å². The van der Waals surface area contributed by atoms with E-state index in [4.69, 9.17) is 5.73 Å². The van der Waals surface area contributed by atoms with Crippen molar-refractivity contribution in [2.75, 3.05) is 0 Å². The number of carbonyl (C=O) groups is 1. The predicted octanol–water partition coefficient (Wildman–Crippen LogP) is 2.50. The van der Waals surface area contributed by atoms with E-state index in [0.717, 1.165) is 19.4 Å². The summed E-state index contributed by atoms with van der Waals surface area (Å²) in [7, 11) is 0. The third-order valence-electron chi connectivity index (χ3n) is 4.43. The van der Waals surface area contributed by atoms with Crippen molar-refractivity contribution in [3.63, 3.8) is 0 Å². The van der Waals surface area contributed by atoms with Gasteiger partial charge in [-0.25, -0.2) is 0 Å². The van der Waals surface area contributed by atoms with E-state index in [0.29, 0.717) is 6.42 Å². The molecule has 19 heavy (non-hydrogen) atoms. The number of hydrogen-bond acceptors (Lipinski definition) is 2. The largest absolute Gasteiger partial charge is 0.370 e. The van der Waals surface area contributed by atoms with Gasteiger partial charge >= 0.3 is 0 Å². The van der Waals surface area contributed by atoms with Gasteiger partial charge in [0.2, 0.25) is 5.91 Å². The summed E-state index contributed by atoms with van der Waals surface area (Å²) < 4.78 is 0. The molecule has 0 radical (unpaired) electrons. The van der Waals surface area contributed by atoms with Crippen LogP contribution in [-0.2, 0) is 11.3 Å². The van der Waals surface area contributed by atoms with Gasteiger partial charge in [-0.15, -0.1) is 0 Å². The lowest BCUT2D eigenvalue weighted by atomic mass is 9.74. The van der Waals surface area contributed by atoms with E-state index in [-0.39, 0.29) is 11.4 Å². The smallest absolute Gasteiger partial charge is 0.219 e. The van der Waals surface area contributed by atoms with Crippen LogP contribution < -0.4 is 11.1 Å². The molecule has 1 saturated carbocycles. The fourth-order valence-electron chi connectivity index (χ4n) is 2.85. The average Bonchev–Trinajstić information content (AvgIpc) is 2.27. The first-order valence-electron chi connectivity index (χ1n) is 7.02. The van der Waals surface area contributed by atoms with Crippen molar-refractivity contribution in [1.29, 1.82) is 0 Å². The van der Waals surface area contributed by atoms with Gasteiger partial charge in [-0.05, 0) is 62.3 Å². The van der Waals surface area contributed by atoms with Crippen LogP contribution in [-0.4, -0.2) is 11.4 Å². The summed E-state index contributed by atoms with van der Waals surface area (Å²) in [5.41, 5.74) is 10.6. The highest BCUT2D eigenvalue weighted by Gasteiger charge is 2.37. The first-order valence-corrected chi connectivity index (χ1v) is 7.02. The quantitative estimate of drug-likeness (QED) is 0.854. The molecule has 1 aromatic carbocycles. The van der Waals surface area contributed by atoms with Gasteiger partial charge in [0.15, 0.2) is 0 Å². The SMILES string of the molecule is Cc1cc(C)c(CNC2(CC(N)=O)CCC2)cc1C. The summed E-state index contributed by atoms with van der Waals surface area (Å²) in [5, 5.41) is 3.57. The number of hydrogen-bond donors (Lipinski definition) is 2. The summed E-state index contributed by atoms with van der Waals surface area (Å²) in [6.45, 7) is 7.24. The van der Waals surface area contributed by atoms with Gasteiger partial charge in [-0.3, -0.25) is 4.79 Å². The highest BCUT2D eigenvalue weighted by Crippen LogP contribution is 2.35. The molecule has 0 spiro atoms. The summed E-state index contributed by atoms with van der Waals surface area (Å²) in [5.74, 6) is -0.205. The van der Waals surface area contributed by atoms with Crippen molar-refractivity contribution >= 4 is 5.91 Å². The molecular formula is C16H24N2O. The first-order chi connectivity index (χ1) is 8.92. The molecule has 1 aliphatic carbocycles. The van der Waals surface area contributed by atoms with Crippen molar-refractivity contribution in [2.24, 2.45) is 5.73 Å². The summed E-state index contributed by atoms with van der Waals surface area (Å²) in [6, 6.07) is 4.47. The molecule has 0 bridgehead atoms. The van der Waals surface area contributed by atoms with Crippen LogP contribution in [0.25, 0.3) is 0 Å². The summed E-state index contributed by atoms with van der Waals surface area (Å²) in [6.07, 6.45) is 3.75. The molecule has 3 N–H and O–H groups in total. The Kier molecular flexibility index (Phi) is 3.95. The maximum Gasteiger partial charge on any atom is 0.219 e. The van der Waals surface area contributed by atoms with Crippen LogP contribution in [0.1, 0.15) is 47.9 Å². The van der Waals surface area contributed by atoms with E-state index >= 15 is 0 Å². The van der Waals surface area contributed by atoms with Gasteiger partial charge in [0.1, 0.15) is 0 Å². The third-order valence-corrected chi connectivity index (χ3v) is 4.43. The van der Waals surface area contributed by atoms with E-state index in [2.05, 4.69) is 38.2 Å². The maximum atomic E-state index is 11.2. The van der Waals surface area contributed by atoms with E-state index in [1.54, 1.807) is 0 Å². The lowest BCUT2D eigenvalue weighted by Crippen LogP contribution is -2.52. The minimum Gasteiger partial charge on any atom is -0.370 e. The summed E-state index contributed by atoms with van der Waals surface area (Å²) in [4.78, 5) is 11.2. The zero-order chi connectivity index (χ0) is 14.0. The molecule has 0 heterocycles. The monoisotopic (exact) mass is 260 g/mol. The number of nitrogens with two attached hydrogens (primary N) is 1. The zero-order valence-electron chi connectivity index (χ0n) is 12.2. The number of aryl methyl sites for hydroxylation is 3. The predicted molar refractivity (Wildman–Crippen MR) is 77.9 cm³/mol. The Balaban J connectivity index is 2.05. The van der Waals surface area contributed by atoms with Crippen LogP contribution in [0.2, 0.25) is 0 Å². The number of benzene rings is 1. The van der Waals surface area contributed by atoms with Gasteiger partial charge in [0, 0.05) is 18.5 Å². The van der Waals surface area contributed by atoms with Crippen LogP contribution >= 0.6 is 0 Å². The molecule has 2 rings (SSSR count). The van der Waals surface area contributed by atoms with Gasteiger partial charge in [-0.1, -0.05) is 12.1 Å². The maximum absolute atomic E-state index is 11.2. The molecule has 3 nitrogen and oxygen atoms in total. The Morgan fingerprint density at radius 3 is 2.37 bits per heavy atom. The lowest BCUT2D eigenvalue weighted by molar-refractivity contribution is -0.120. The highest BCUT2D eigenvalue weighted by molar-refractivity contribution is 5.75. The van der Waals surface area contributed by atoms with Crippen molar-refractivity contribution in [2.45, 2.75) is 58.5 Å². The first kappa shape index (κ1) is 14.1. The van der Waals surface area contributed by atoms with Crippen molar-refractivity contribution in [1.82, 2.24) is 5.32 Å². The molecule has 0 saturated heterocycles. The minimum absolute atomic E-state index is 0.0446. The number of carbonyl (C=O) groups excluding carboxylic acids is 1. The molecule has 1 amide bonds. The van der Waals surface area contributed by atoms with E-state index in [1.807, 2.05) is 0 Å². The normalized spacial score (nSPS) is 17.0. The second kappa shape index (κ2) is 5.33. The Morgan fingerprint density at radius 2 is 1.84 bits per heavy atom. The van der Waals surface area contributed by atoms with Gasteiger partial charge in [0.05, 0.1) is 0 Å². The molecule has 0 unspecified atom stereocenters. The second-order valence-corrected chi connectivity index (χ2v) is 5.99. The summed E-state index contributed by atoms with van der Waals surface area (Å²) >= 11 is 0. The van der Waals surface area contributed by atoms with Crippen LogP contribution in [0.5, 0.6) is 0 Å². The van der Waals surface area contributed by atoms with Crippen LogP contribution in [0, 0.1) is 20.8 Å². The molecule has 0 aromatic heterocycles. The number of amides is 1. The van der Waals surface area contributed by atoms with Crippen LogP contribution in [0.4, 0.5) is 0 Å². The second-order valence-electron chi connectivity index (χ2n) is 5.99. The van der Waals surface area contributed by atoms with Crippen molar-refractivity contribution < 1.29 is 4.79 Å². The molecule has 0 aliphatic heterocycles. The van der Waals surface area contributed by atoms with Crippen LogP contribution in [0.3, 0.4) is 0 Å². The van der Waals surface area contributed by atoms with Gasteiger partial charge in [0.25, 0.3) is 0 Å². The van der Waals surface area contributed by atoms with Gasteiger partial charge < -0.3 is 11.1 Å². The molecule has 104 valence electrons. The highest BCUT2D eigenvalue weighted by atomic mass is 16.1. The standard InChI is InChI=1S/C16H24N2O/c1-11-7-13(3)14(8-12(11)2)10-18-16(5-4-6-16)9-15(17)19/h7-8,18H,4-6,9-10H2,1-3H3,(H2,17,19). The van der Waals surface area contributed by atoms with Crippen molar-refractivity contribution in [3.05, 3.63) is 34.4 Å². The Morgan fingerprint density at radius 1 is 1.21 bits per heavy atom. The van der Waals surface area contributed by atoms with E-state index in [9.17, 15) is 4.79 Å². The van der Waals surface area contributed by atoms with Crippen LogP contribution in [0.15, 0.2) is 12.1 Å². The van der Waals surface area contributed by atoms with Crippen molar-refractivity contribution in [3.8, 4) is 0 Å². The van der Waals surface area contributed by atoms with Gasteiger partial charge in [-0.2, -0.15) is 0 Å². The Bertz CT molecular complexity index is 490. The Hall–Kier alpha value is -1.35. The fourth-order valence-corrected chi connectivity index (χ4v) is 2.85. The Labute approximate surface area is 115 Å². The van der Waals surface area contributed by atoms with E-state index in [1.165, 1.54) is 28.7 Å². The number of rotatable bonds is 5. The number of primary amides is 1. The molecular weight excluding hydrogens is 236 g/mol.